The number of rotatable bonds is 7. The van der Waals surface area contributed by atoms with Gasteiger partial charge in [-0.05, 0) is 36.5 Å². The lowest BCUT2D eigenvalue weighted by Crippen LogP contribution is -2.29. The number of ether oxygens (including phenoxy) is 1. The van der Waals surface area contributed by atoms with Crippen molar-refractivity contribution >= 4 is 5.97 Å². The maximum atomic E-state index is 11.7. The molecule has 122 valence electrons. The SMILES string of the molecule is CCOC(=O)[C@H](C)CC(N)Cc1ccc(-c2ccccc2)cc1. The monoisotopic (exact) mass is 311 g/mol. The highest BCUT2D eigenvalue weighted by atomic mass is 16.5. The van der Waals surface area contributed by atoms with Crippen LogP contribution in [0.5, 0.6) is 0 Å². The van der Waals surface area contributed by atoms with Gasteiger partial charge in [-0.1, -0.05) is 61.5 Å². The molecule has 3 nitrogen and oxygen atoms in total. The molecule has 0 radical (unpaired) electrons. The lowest BCUT2D eigenvalue weighted by molar-refractivity contribution is -0.147. The Hall–Kier alpha value is -2.13. The minimum absolute atomic E-state index is 0.0445. The van der Waals surface area contributed by atoms with Crippen molar-refractivity contribution in [3.8, 4) is 11.1 Å². The predicted octanol–water partition coefficient (Wildman–Crippen LogP) is 3.81. The van der Waals surface area contributed by atoms with Crippen LogP contribution in [0.1, 0.15) is 25.8 Å². The molecule has 0 saturated heterocycles. The first-order chi connectivity index (χ1) is 11.1. The van der Waals surface area contributed by atoms with E-state index in [2.05, 4.69) is 36.4 Å². The van der Waals surface area contributed by atoms with Gasteiger partial charge in [-0.3, -0.25) is 4.79 Å². The zero-order valence-electron chi connectivity index (χ0n) is 13.9. The van der Waals surface area contributed by atoms with Gasteiger partial charge < -0.3 is 10.5 Å². The zero-order chi connectivity index (χ0) is 16.7. The molecule has 0 aliphatic carbocycles. The van der Waals surface area contributed by atoms with Crippen molar-refractivity contribution in [1.29, 1.82) is 0 Å². The smallest absolute Gasteiger partial charge is 0.308 e. The van der Waals surface area contributed by atoms with Gasteiger partial charge in [0.05, 0.1) is 12.5 Å². The van der Waals surface area contributed by atoms with Crippen molar-refractivity contribution in [2.75, 3.05) is 6.61 Å². The highest BCUT2D eigenvalue weighted by Gasteiger charge is 2.17. The molecule has 0 saturated carbocycles. The second-order valence-corrected chi connectivity index (χ2v) is 5.92. The lowest BCUT2D eigenvalue weighted by atomic mass is 9.95. The average molecular weight is 311 g/mol. The summed E-state index contributed by atoms with van der Waals surface area (Å²) in [5.41, 5.74) is 9.77. The second kappa shape index (κ2) is 8.49. The first kappa shape index (κ1) is 17.2. The number of esters is 1. The van der Waals surface area contributed by atoms with Crippen LogP contribution < -0.4 is 5.73 Å². The summed E-state index contributed by atoms with van der Waals surface area (Å²) in [5.74, 6) is -0.323. The van der Waals surface area contributed by atoms with E-state index in [0.29, 0.717) is 13.0 Å². The molecule has 1 unspecified atom stereocenters. The summed E-state index contributed by atoms with van der Waals surface area (Å²) in [5, 5.41) is 0. The summed E-state index contributed by atoms with van der Waals surface area (Å²) in [6.07, 6.45) is 1.40. The van der Waals surface area contributed by atoms with E-state index in [1.54, 1.807) is 0 Å². The van der Waals surface area contributed by atoms with E-state index in [-0.39, 0.29) is 17.9 Å². The molecule has 0 aliphatic heterocycles. The van der Waals surface area contributed by atoms with Gasteiger partial charge >= 0.3 is 5.97 Å². The minimum atomic E-state index is -0.164. The molecule has 2 atom stereocenters. The molecule has 2 aromatic rings. The van der Waals surface area contributed by atoms with Crippen LogP contribution in [0.15, 0.2) is 54.6 Å². The lowest BCUT2D eigenvalue weighted by Gasteiger charge is -2.16. The Balaban J connectivity index is 1.92. The summed E-state index contributed by atoms with van der Waals surface area (Å²) >= 11 is 0. The molecule has 0 bridgehead atoms. The third-order valence-electron chi connectivity index (χ3n) is 3.90. The third-order valence-corrected chi connectivity index (χ3v) is 3.90. The Kier molecular flexibility index (Phi) is 6.36. The van der Waals surface area contributed by atoms with Crippen LogP contribution in [0.3, 0.4) is 0 Å². The van der Waals surface area contributed by atoms with Crippen LogP contribution in [0.2, 0.25) is 0 Å². The van der Waals surface area contributed by atoms with Gasteiger partial charge in [0.15, 0.2) is 0 Å². The normalized spacial score (nSPS) is 13.3. The van der Waals surface area contributed by atoms with E-state index < -0.39 is 0 Å². The molecular formula is C20H25NO2. The van der Waals surface area contributed by atoms with Gasteiger partial charge in [0.1, 0.15) is 0 Å². The highest BCUT2D eigenvalue weighted by Crippen LogP contribution is 2.20. The standard InChI is InChI=1S/C20H25NO2/c1-3-23-20(22)15(2)13-19(21)14-16-9-11-18(12-10-16)17-7-5-4-6-8-17/h4-12,15,19H,3,13-14,21H2,1-2H3/t15-,19?/m1/s1. The summed E-state index contributed by atoms with van der Waals surface area (Å²) in [4.78, 5) is 11.7. The van der Waals surface area contributed by atoms with Crippen molar-refractivity contribution in [3.63, 3.8) is 0 Å². The first-order valence-electron chi connectivity index (χ1n) is 8.16. The molecule has 3 heteroatoms. The van der Waals surface area contributed by atoms with Gasteiger partial charge in [0.25, 0.3) is 0 Å². The van der Waals surface area contributed by atoms with E-state index in [0.717, 1.165) is 6.42 Å². The maximum absolute atomic E-state index is 11.7. The fourth-order valence-electron chi connectivity index (χ4n) is 2.68. The van der Waals surface area contributed by atoms with E-state index in [9.17, 15) is 4.79 Å². The summed E-state index contributed by atoms with van der Waals surface area (Å²) in [6.45, 7) is 4.11. The number of hydrogen-bond acceptors (Lipinski definition) is 3. The molecule has 0 amide bonds. The van der Waals surface area contributed by atoms with Crippen molar-refractivity contribution in [2.24, 2.45) is 11.7 Å². The van der Waals surface area contributed by atoms with Crippen LogP contribution in [-0.2, 0) is 16.0 Å². The number of nitrogens with two attached hydrogens (primary N) is 1. The van der Waals surface area contributed by atoms with E-state index in [1.165, 1.54) is 16.7 Å². The van der Waals surface area contributed by atoms with Crippen molar-refractivity contribution in [1.82, 2.24) is 0 Å². The highest BCUT2D eigenvalue weighted by molar-refractivity contribution is 5.72. The number of hydrogen-bond donors (Lipinski definition) is 1. The minimum Gasteiger partial charge on any atom is -0.466 e. The number of carbonyl (C=O) groups excluding carboxylic acids is 1. The molecule has 2 aromatic carbocycles. The molecule has 0 fully saturated rings. The Morgan fingerprint density at radius 1 is 1.04 bits per heavy atom. The summed E-state index contributed by atoms with van der Waals surface area (Å²) < 4.78 is 5.02. The molecular weight excluding hydrogens is 286 g/mol. The van der Waals surface area contributed by atoms with Gasteiger partial charge in [-0.2, -0.15) is 0 Å². The van der Waals surface area contributed by atoms with Crippen LogP contribution in [0.4, 0.5) is 0 Å². The molecule has 0 spiro atoms. The second-order valence-electron chi connectivity index (χ2n) is 5.92. The van der Waals surface area contributed by atoms with Crippen LogP contribution >= 0.6 is 0 Å². The molecule has 2 N–H and O–H groups in total. The largest absolute Gasteiger partial charge is 0.466 e. The zero-order valence-corrected chi connectivity index (χ0v) is 13.9. The van der Waals surface area contributed by atoms with E-state index in [4.69, 9.17) is 10.5 Å². The Morgan fingerprint density at radius 2 is 1.65 bits per heavy atom. The van der Waals surface area contributed by atoms with Gasteiger partial charge in [0.2, 0.25) is 0 Å². The average Bonchev–Trinajstić information content (AvgIpc) is 2.56. The molecule has 0 heterocycles. The van der Waals surface area contributed by atoms with E-state index >= 15 is 0 Å². The quantitative estimate of drug-likeness (QED) is 0.791. The Morgan fingerprint density at radius 3 is 2.26 bits per heavy atom. The predicted molar refractivity (Wildman–Crippen MR) is 94.0 cm³/mol. The molecule has 0 aromatic heterocycles. The molecule has 23 heavy (non-hydrogen) atoms. The fourth-order valence-corrected chi connectivity index (χ4v) is 2.68. The van der Waals surface area contributed by atoms with Crippen molar-refractivity contribution < 1.29 is 9.53 Å². The Labute approximate surface area is 138 Å². The third kappa shape index (κ3) is 5.22. The van der Waals surface area contributed by atoms with E-state index in [1.807, 2.05) is 32.0 Å². The van der Waals surface area contributed by atoms with Gasteiger partial charge in [-0.25, -0.2) is 0 Å². The topological polar surface area (TPSA) is 52.3 Å². The molecule has 0 aliphatic rings. The fraction of sp³-hybridized carbons (Fsp3) is 0.350. The maximum Gasteiger partial charge on any atom is 0.308 e. The Bertz CT molecular complexity index is 607. The van der Waals surface area contributed by atoms with Crippen molar-refractivity contribution in [2.45, 2.75) is 32.7 Å². The van der Waals surface area contributed by atoms with Crippen molar-refractivity contribution in [3.05, 3.63) is 60.2 Å². The number of benzene rings is 2. The molecule has 2 rings (SSSR count). The number of carbonyl (C=O) groups is 1. The van der Waals surface area contributed by atoms with Gasteiger partial charge in [-0.15, -0.1) is 0 Å². The van der Waals surface area contributed by atoms with Gasteiger partial charge in [0, 0.05) is 6.04 Å². The van der Waals surface area contributed by atoms with Crippen LogP contribution in [0.25, 0.3) is 11.1 Å². The van der Waals surface area contributed by atoms with Crippen LogP contribution in [-0.4, -0.2) is 18.6 Å². The van der Waals surface area contributed by atoms with Crippen LogP contribution in [0, 0.1) is 5.92 Å². The summed E-state index contributed by atoms with van der Waals surface area (Å²) in [7, 11) is 0. The first-order valence-corrected chi connectivity index (χ1v) is 8.16. The summed E-state index contributed by atoms with van der Waals surface area (Å²) in [6, 6.07) is 18.7.